The minimum absolute atomic E-state index is 0.145. The van der Waals surface area contributed by atoms with Crippen LogP contribution in [0.25, 0.3) is 0 Å². The summed E-state index contributed by atoms with van der Waals surface area (Å²) in [4.78, 5) is 12.6. The van der Waals surface area contributed by atoms with Gasteiger partial charge in [0.25, 0.3) is 15.9 Å². The van der Waals surface area contributed by atoms with Crippen LogP contribution in [0.4, 0.5) is 5.69 Å². The maximum atomic E-state index is 12.8. The van der Waals surface area contributed by atoms with Gasteiger partial charge in [0, 0.05) is 24.2 Å². The number of benzene rings is 3. The van der Waals surface area contributed by atoms with Crippen molar-refractivity contribution in [3.05, 3.63) is 95.0 Å². The highest BCUT2D eigenvalue weighted by Gasteiger charge is 2.21. The Kier molecular flexibility index (Phi) is 6.80. The number of halogens is 1. The van der Waals surface area contributed by atoms with Gasteiger partial charge in [-0.25, -0.2) is 8.42 Å². The fraction of sp³-hybridized carbons (Fsp3) is 0.174. The molecular formula is C23H23ClN2O3S. The van der Waals surface area contributed by atoms with Crippen LogP contribution in [0.5, 0.6) is 0 Å². The van der Waals surface area contributed by atoms with Crippen LogP contribution >= 0.6 is 11.6 Å². The van der Waals surface area contributed by atoms with Gasteiger partial charge in [0.1, 0.15) is 0 Å². The zero-order valence-electron chi connectivity index (χ0n) is 16.7. The number of nitrogens with one attached hydrogen (secondary N) is 1. The van der Waals surface area contributed by atoms with E-state index in [1.807, 2.05) is 30.3 Å². The van der Waals surface area contributed by atoms with Crippen molar-refractivity contribution < 1.29 is 13.2 Å². The minimum Gasteiger partial charge on any atom is -0.351 e. The normalized spacial score (nSPS) is 12.2. The molecule has 5 nitrogen and oxygen atoms in total. The van der Waals surface area contributed by atoms with Gasteiger partial charge in [-0.1, -0.05) is 48.9 Å². The van der Waals surface area contributed by atoms with E-state index < -0.39 is 10.0 Å². The summed E-state index contributed by atoms with van der Waals surface area (Å²) in [5, 5.41) is 3.39. The Morgan fingerprint density at radius 2 is 1.57 bits per heavy atom. The lowest BCUT2D eigenvalue weighted by Crippen LogP contribution is -2.28. The second kappa shape index (κ2) is 9.32. The third-order valence-electron chi connectivity index (χ3n) is 4.90. The molecule has 0 fully saturated rings. The van der Waals surface area contributed by atoms with Crippen LogP contribution in [0.3, 0.4) is 0 Å². The maximum absolute atomic E-state index is 12.8. The van der Waals surface area contributed by atoms with Crippen LogP contribution in [0.1, 0.15) is 28.8 Å². The van der Waals surface area contributed by atoms with Gasteiger partial charge in [0.05, 0.1) is 10.6 Å². The highest BCUT2D eigenvalue weighted by atomic mass is 35.5. The molecule has 0 saturated carbocycles. The topological polar surface area (TPSA) is 66.5 Å². The fourth-order valence-electron chi connectivity index (χ4n) is 2.97. The standard InChI is InChI=1S/C23H23ClN2O3S/c1-17(18-6-4-3-5-7-18)16-25-23(27)19-8-12-21(13-9-19)26(2)30(28,29)22-14-10-20(24)11-15-22/h3-15,17H,16H2,1-2H3,(H,25,27). The van der Waals surface area contributed by atoms with Gasteiger partial charge >= 0.3 is 0 Å². The van der Waals surface area contributed by atoms with Crippen molar-refractivity contribution in [3.63, 3.8) is 0 Å². The number of carbonyl (C=O) groups is 1. The van der Waals surface area contributed by atoms with E-state index in [1.165, 1.54) is 35.6 Å². The minimum atomic E-state index is -3.72. The number of amides is 1. The Labute approximate surface area is 182 Å². The summed E-state index contributed by atoms with van der Waals surface area (Å²) in [6, 6.07) is 22.4. The number of sulfonamides is 1. The van der Waals surface area contributed by atoms with Crippen molar-refractivity contribution in [2.75, 3.05) is 17.9 Å². The fourth-order valence-corrected chi connectivity index (χ4v) is 4.29. The molecule has 30 heavy (non-hydrogen) atoms. The number of anilines is 1. The van der Waals surface area contributed by atoms with Crippen molar-refractivity contribution in [2.24, 2.45) is 0 Å². The molecule has 0 aliphatic carbocycles. The summed E-state index contributed by atoms with van der Waals surface area (Å²) in [5.41, 5.74) is 2.08. The van der Waals surface area contributed by atoms with E-state index in [4.69, 9.17) is 11.6 Å². The lowest BCUT2D eigenvalue weighted by atomic mass is 10.0. The highest BCUT2D eigenvalue weighted by molar-refractivity contribution is 7.92. The Morgan fingerprint density at radius 1 is 0.967 bits per heavy atom. The summed E-state index contributed by atoms with van der Waals surface area (Å²) >= 11 is 5.84. The van der Waals surface area contributed by atoms with Crippen LogP contribution < -0.4 is 9.62 Å². The molecule has 0 spiro atoms. The second-order valence-electron chi connectivity index (χ2n) is 7.00. The highest BCUT2D eigenvalue weighted by Crippen LogP contribution is 2.23. The quantitative estimate of drug-likeness (QED) is 0.576. The molecule has 1 amide bonds. The zero-order chi connectivity index (χ0) is 21.7. The number of hydrogen-bond donors (Lipinski definition) is 1. The van der Waals surface area contributed by atoms with E-state index in [-0.39, 0.29) is 16.7 Å². The maximum Gasteiger partial charge on any atom is 0.264 e. The largest absolute Gasteiger partial charge is 0.351 e. The summed E-state index contributed by atoms with van der Waals surface area (Å²) in [7, 11) is -2.25. The zero-order valence-corrected chi connectivity index (χ0v) is 18.3. The van der Waals surface area contributed by atoms with Crippen LogP contribution in [-0.4, -0.2) is 27.9 Å². The molecule has 0 saturated heterocycles. The average Bonchev–Trinajstić information content (AvgIpc) is 2.77. The molecule has 7 heteroatoms. The van der Waals surface area contributed by atoms with Crippen molar-refractivity contribution in [1.29, 1.82) is 0 Å². The molecule has 0 radical (unpaired) electrons. The SMILES string of the molecule is CC(CNC(=O)c1ccc(N(C)S(=O)(=O)c2ccc(Cl)cc2)cc1)c1ccccc1. The summed E-state index contributed by atoms with van der Waals surface area (Å²) < 4.78 is 26.7. The first-order valence-corrected chi connectivity index (χ1v) is 11.3. The van der Waals surface area contributed by atoms with E-state index in [9.17, 15) is 13.2 Å². The van der Waals surface area contributed by atoms with Gasteiger partial charge in [-0.3, -0.25) is 9.10 Å². The molecule has 3 rings (SSSR count). The Hall–Kier alpha value is -2.83. The first-order chi connectivity index (χ1) is 14.3. The lowest BCUT2D eigenvalue weighted by molar-refractivity contribution is 0.0951. The summed E-state index contributed by atoms with van der Waals surface area (Å²) in [6.07, 6.45) is 0. The third-order valence-corrected chi connectivity index (χ3v) is 6.95. The second-order valence-corrected chi connectivity index (χ2v) is 9.40. The van der Waals surface area contributed by atoms with Gasteiger partial charge in [0.15, 0.2) is 0 Å². The van der Waals surface area contributed by atoms with Gasteiger partial charge < -0.3 is 5.32 Å². The smallest absolute Gasteiger partial charge is 0.264 e. The number of rotatable bonds is 7. The Morgan fingerprint density at radius 3 is 2.17 bits per heavy atom. The third kappa shape index (κ3) is 5.01. The molecule has 1 unspecified atom stereocenters. The molecule has 156 valence electrons. The van der Waals surface area contributed by atoms with Crippen molar-refractivity contribution in [3.8, 4) is 0 Å². The Bertz CT molecular complexity index is 1100. The van der Waals surface area contributed by atoms with Crippen LogP contribution in [0.2, 0.25) is 5.02 Å². The molecule has 0 aromatic heterocycles. The van der Waals surface area contributed by atoms with E-state index in [0.717, 1.165) is 5.56 Å². The number of hydrogen-bond acceptors (Lipinski definition) is 3. The first kappa shape index (κ1) is 21.9. The summed E-state index contributed by atoms with van der Waals surface area (Å²) in [5.74, 6) is -0.0161. The summed E-state index contributed by atoms with van der Waals surface area (Å²) in [6.45, 7) is 2.56. The lowest BCUT2D eigenvalue weighted by Gasteiger charge is -2.20. The Balaban J connectivity index is 1.66. The molecule has 0 bridgehead atoms. The monoisotopic (exact) mass is 442 g/mol. The van der Waals surface area contributed by atoms with E-state index in [0.29, 0.717) is 22.8 Å². The van der Waals surface area contributed by atoms with Crippen LogP contribution in [-0.2, 0) is 10.0 Å². The van der Waals surface area contributed by atoms with Crippen LogP contribution in [0.15, 0.2) is 83.8 Å². The first-order valence-electron chi connectivity index (χ1n) is 9.47. The molecule has 0 heterocycles. The predicted octanol–water partition coefficient (Wildman–Crippen LogP) is 4.70. The average molecular weight is 443 g/mol. The van der Waals surface area contributed by atoms with Gasteiger partial charge in [0.2, 0.25) is 0 Å². The molecule has 1 atom stereocenters. The van der Waals surface area contributed by atoms with Gasteiger partial charge in [-0.15, -0.1) is 0 Å². The van der Waals surface area contributed by atoms with Crippen molar-refractivity contribution >= 4 is 33.2 Å². The molecule has 3 aromatic carbocycles. The van der Waals surface area contributed by atoms with E-state index >= 15 is 0 Å². The van der Waals surface area contributed by atoms with Crippen molar-refractivity contribution in [2.45, 2.75) is 17.7 Å². The number of nitrogens with zero attached hydrogens (tertiary/aromatic N) is 1. The molecule has 0 aliphatic heterocycles. The van der Waals surface area contributed by atoms with E-state index in [1.54, 1.807) is 24.3 Å². The molecule has 3 aromatic rings. The van der Waals surface area contributed by atoms with Crippen molar-refractivity contribution in [1.82, 2.24) is 5.32 Å². The number of carbonyl (C=O) groups excluding carboxylic acids is 1. The van der Waals surface area contributed by atoms with E-state index in [2.05, 4.69) is 12.2 Å². The van der Waals surface area contributed by atoms with Gasteiger partial charge in [-0.05, 0) is 60.0 Å². The molecular weight excluding hydrogens is 420 g/mol. The predicted molar refractivity (Wildman–Crippen MR) is 121 cm³/mol. The molecule has 1 N–H and O–H groups in total. The van der Waals surface area contributed by atoms with Gasteiger partial charge in [-0.2, -0.15) is 0 Å². The molecule has 0 aliphatic rings. The van der Waals surface area contributed by atoms with Crippen LogP contribution in [0, 0.1) is 0 Å².